The average Bonchev–Trinajstić information content (AvgIpc) is 2.45. The molecule has 112 valence electrons. The number of sulfonamides is 1. The van der Waals surface area contributed by atoms with Crippen LogP contribution < -0.4 is 10.5 Å². The number of hydrogen-bond acceptors (Lipinski definition) is 3. The Bertz CT molecular complexity index is 722. The van der Waals surface area contributed by atoms with E-state index >= 15 is 0 Å². The third-order valence-corrected chi connectivity index (χ3v) is 4.48. The molecule has 0 saturated heterocycles. The Balaban J connectivity index is 2.13. The van der Waals surface area contributed by atoms with Crippen LogP contribution in [-0.2, 0) is 23.0 Å². The van der Waals surface area contributed by atoms with E-state index in [2.05, 4.69) is 36.5 Å². The molecule has 0 aromatic heterocycles. The summed E-state index contributed by atoms with van der Waals surface area (Å²) < 4.78 is 23.0. The van der Waals surface area contributed by atoms with E-state index in [-0.39, 0.29) is 4.90 Å². The third-order valence-electron chi connectivity index (χ3n) is 3.42. The molecule has 0 atom stereocenters. The summed E-state index contributed by atoms with van der Waals surface area (Å²) in [4.78, 5) is 0.161. The Kier molecular flexibility index (Phi) is 4.65. The summed E-state index contributed by atoms with van der Waals surface area (Å²) in [5.74, 6) is 0. The maximum atomic E-state index is 11.5. The second-order valence-electron chi connectivity index (χ2n) is 5.05. The van der Waals surface area contributed by atoms with Crippen LogP contribution in [0.1, 0.15) is 23.6 Å². The minimum atomic E-state index is -3.69. The molecule has 0 aliphatic rings. The SMILES string of the molecule is CCc1ccc(CNc2ccc(C)c(S(N)(=O)=O)c2)cc1. The van der Waals surface area contributed by atoms with Gasteiger partial charge in [-0.05, 0) is 42.2 Å². The first-order valence-corrected chi connectivity index (χ1v) is 8.40. The standard InChI is InChI=1S/C16H20N2O2S/c1-3-13-5-7-14(8-6-13)11-18-15-9-4-12(2)16(10-15)21(17,19)20/h4-10,18H,3,11H2,1-2H3,(H2,17,19,20). The molecule has 4 nitrogen and oxygen atoms in total. The van der Waals surface area contributed by atoms with Gasteiger partial charge < -0.3 is 5.32 Å². The van der Waals surface area contributed by atoms with Gasteiger partial charge >= 0.3 is 0 Å². The van der Waals surface area contributed by atoms with E-state index in [1.807, 2.05) is 6.07 Å². The van der Waals surface area contributed by atoms with Gasteiger partial charge in [0.2, 0.25) is 10.0 Å². The number of rotatable bonds is 5. The zero-order valence-electron chi connectivity index (χ0n) is 12.3. The maximum absolute atomic E-state index is 11.5. The lowest BCUT2D eigenvalue weighted by Gasteiger charge is -2.10. The van der Waals surface area contributed by atoms with E-state index in [4.69, 9.17) is 5.14 Å². The van der Waals surface area contributed by atoms with Crippen molar-refractivity contribution in [1.82, 2.24) is 0 Å². The number of hydrogen-bond donors (Lipinski definition) is 2. The lowest BCUT2D eigenvalue weighted by molar-refractivity contribution is 0.597. The first kappa shape index (κ1) is 15.5. The molecule has 0 bridgehead atoms. The second-order valence-corrected chi connectivity index (χ2v) is 6.58. The van der Waals surface area contributed by atoms with Crippen LogP contribution in [0.3, 0.4) is 0 Å². The predicted molar refractivity (Wildman–Crippen MR) is 85.7 cm³/mol. The van der Waals surface area contributed by atoms with Gasteiger partial charge in [0.15, 0.2) is 0 Å². The summed E-state index contributed by atoms with van der Waals surface area (Å²) in [6.45, 7) is 4.48. The van der Waals surface area contributed by atoms with Gasteiger partial charge in [-0.25, -0.2) is 13.6 Å². The summed E-state index contributed by atoms with van der Waals surface area (Å²) in [6.07, 6.45) is 1.02. The summed E-state index contributed by atoms with van der Waals surface area (Å²) in [6, 6.07) is 13.5. The van der Waals surface area contributed by atoms with Gasteiger partial charge in [-0.2, -0.15) is 0 Å². The number of benzene rings is 2. The Labute approximate surface area is 126 Å². The van der Waals surface area contributed by atoms with Crippen molar-refractivity contribution in [2.75, 3.05) is 5.32 Å². The first-order valence-electron chi connectivity index (χ1n) is 6.85. The molecule has 3 N–H and O–H groups in total. The summed E-state index contributed by atoms with van der Waals surface area (Å²) >= 11 is 0. The quantitative estimate of drug-likeness (QED) is 0.892. The van der Waals surface area contributed by atoms with Gasteiger partial charge in [-0.1, -0.05) is 37.3 Å². The average molecular weight is 304 g/mol. The Morgan fingerprint density at radius 3 is 2.24 bits per heavy atom. The highest BCUT2D eigenvalue weighted by Gasteiger charge is 2.11. The van der Waals surface area contributed by atoms with Crippen molar-refractivity contribution in [2.24, 2.45) is 5.14 Å². The molecule has 0 fully saturated rings. The smallest absolute Gasteiger partial charge is 0.238 e. The molecule has 0 unspecified atom stereocenters. The van der Waals surface area contributed by atoms with E-state index in [0.717, 1.165) is 17.7 Å². The van der Waals surface area contributed by atoms with E-state index in [1.54, 1.807) is 19.1 Å². The summed E-state index contributed by atoms with van der Waals surface area (Å²) in [5.41, 5.74) is 3.83. The lowest BCUT2D eigenvalue weighted by Crippen LogP contribution is -2.14. The highest BCUT2D eigenvalue weighted by Crippen LogP contribution is 2.19. The van der Waals surface area contributed by atoms with Gasteiger partial charge in [0.25, 0.3) is 0 Å². The van der Waals surface area contributed by atoms with Crippen molar-refractivity contribution in [3.05, 3.63) is 59.2 Å². The Morgan fingerprint density at radius 1 is 1.05 bits per heavy atom. The van der Waals surface area contributed by atoms with Crippen LogP contribution in [0.25, 0.3) is 0 Å². The first-order chi connectivity index (χ1) is 9.90. The van der Waals surface area contributed by atoms with Gasteiger partial charge in [-0.3, -0.25) is 0 Å². The van der Waals surface area contributed by atoms with Crippen molar-refractivity contribution in [2.45, 2.75) is 31.7 Å². The number of nitrogens with two attached hydrogens (primary N) is 1. The topological polar surface area (TPSA) is 72.2 Å². The monoisotopic (exact) mass is 304 g/mol. The van der Waals surface area contributed by atoms with Crippen molar-refractivity contribution in [3.63, 3.8) is 0 Å². The molecule has 0 heterocycles. The largest absolute Gasteiger partial charge is 0.381 e. The highest BCUT2D eigenvalue weighted by atomic mass is 32.2. The normalized spacial score (nSPS) is 11.4. The van der Waals surface area contributed by atoms with Gasteiger partial charge in [0.05, 0.1) is 4.90 Å². The fourth-order valence-corrected chi connectivity index (χ4v) is 2.92. The molecule has 0 saturated carbocycles. The van der Waals surface area contributed by atoms with Crippen LogP contribution >= 0.6 is 0 Å². The number of primary sulfonamides is 1. The Hall–Kier alpha value is -1.85. The fraction of sp³-hybridized carbons (Fsp3) is 0.250. The van der Waals surface area contributed by atoms with Crippen LogP contribution in [0.5, 0.6) is 0 Å². The van der Waals surface area contributed by atoms with Gasteiger partial charge in [0.1, 0.15) is 0 Å². The highest BCUT2D eigenvalue weighted by molar-refractivity contribution is 7.89. The van der Waals surface area contributed by atoms with Crippen LogP contribution in [0.4, 0.5) is 5.69 Å². The van der Waals surface area contributed by atoms with Crippen molar-refractivity contribution in [1.29, 1.82) is 0 Å². The number of nitrogens with one attached hydrogen (secondary N) is 1. The summed E-state index contributed by atoms with van der Waals surface area (Å²) in [7, 11) is -3.69. The number of anilines is 1. The second kappa shape index (κ2) is 6.28. The molecule has 2 rings (SSSR count). The molecular weight excluding hydrogens is 284 g/mol. The van der Waals surface area contributed by atoms with E-state index in [1.165, 1.54) is 5.56 Å². The molecule has 0 spiro atoms. The maximum Gasteiger partial charge on any atom is 0.238 e. The van der Waals surface area contributed by atoms with Crippen LogP contribution in [0.15, 0.2) is 47.4 Å². The van der Waals surface area contributed by atoms with Crippen LogP contribution in [0.2, 0.25) is 0 Å². The zero-order valence-corrected chi connectivity index (χ0v) is 13.1. The third kappa shape index (κ3) is 4.06. The zero-order chi connectivity index (χ0) is 15.5. The molecular formula is C16H20N2O2S. The molecule has 0 aliphatic heterocycles. The molecule has 0 amide bonds. The molecule has 2 aromatic rings. The van der Waals surface area contributed by atoms with Crippen molar-refractivity contribution < 1.29 is 8.42 Å². The van der Waals surface area contributed by atoms with Gasteiger partial charge in [-0.15, -0.1) is 0 Å². The minimum Gasteiger partial charge on any atom is -0.381 e. The molecule has 5 heteroatoms. The molecule has 21 heavy (non-hydrogen) atoms. The predicted octanol–water partition coefficient (Wildman–Crippen LogP) is 2.82. The van der Waals surface area contributed by atoms with Crippen molar-refractivity contribution in [3.8, 4) is 0 Å². The lowest BCUT2D eigenvalue weighted by atomic mass is 10.1. The minimum absolute atomic E-state index is 0.161. The molecule has 0 aliphatic carbocycles. The molecule has 2 aromatic carbocycles. The number of aryl methyl sites for hydroxylation is 2. The van der Waals surface area contributed by atoms with E-state index in [9.17, 15) is 8.42 Å². The Morgan fingerprint density at radius 2 is 1.67 bits per heavy atom. The van der Waals surface area contributed by atoms with Crippen molar-refractivity contribution >= 4 is 15.7 Å². The van der Waals surface area contributed by atoms with E-state index < -0.39 is 10.0 Å². The summed E-state index contributed by atoms with van der Waals surface area (Å²) in [5, 5.41) is 8.43. The fourth-order valence-electron chi connectivity index (χ4n) is 2.11. The molecule has 0 radical (unpaired) electrons. The van der Waals surface area contributed by atoms with Crippen LogP contribution in [0, 0.1) is 6.92 Å². The van der Waals surface area contributed by atoms with Crippen LogP contribution in [-0.4, -0.2) is 8.42 Å². The van der Waals surface area contributed by atoms with Gasteiger partial charge in [0, 0.05) is 12.2 Å². The van der Waals surface area contributed by atoms with E-state index in [0.29, 0.717) is 12.1 Å².